The summed E-state index contributed by atoms with van der Waals surface area (Å²) in [6.07, 6.45) is 77.5. The molecule has 0 radical (unpaired) electrons. The number of hydrogen-bond acceptors (Lipinski definition) is 5. The van der Waals surface area contributed by atoms with Gasteiger partial charge in [-0.15, -0.1) is 0 Å². The van der Waals surface area contributed by atoms with Crippen molar-refractivity contribution in [3.8, 4) is 0 Å². The third-order valence-corrected chi connectivity index (χ3v) is 14.9. The zero-order valence-corrected chi connectivity index (χ0v) is 48.4. The maximum atomic E-state index is 12.5. The van der Waals surface area contributed by atoms with Crippen molar-refractivity contribution in [2.45, 2.75) is 360 Å². The van der Waals surface area contributed by atoms with Gasteiger partial charge in [0.1, 0.15) is 0 Å². The summed E-state index contributed by atoms with van der Waals surface area (Å²) < 4.78 is 5.49. The predicted octanol–water partition coefficient (Wildman–Crippen LogP) is 20.4. The molecule has 0 aromatic carbocycles. The van der Waals surface area contributed by atoms with E-state index < -0.39 is 12.1 Å². The summed E-state index contributed by atoms with van der Waals surface area (Å²) in [4.78, 5) is 24.6. The van der Waals surface area contributed by atoms with Gasteiger partial charge in [0.05, 0.1) is 25.4 Å². The number of carbonyl (C=O) groups excluding carboxylic acids is 2. The van der Waals surface area contributed by atoms with Crippen molar-refractivity contribution in [3.63, 3.8) is 0 Å². The van der Waals surface area contributed by atoms with E-state index in [2.05, 4.69) is 43.5 Å². The number of esters is 1. The molecular weight excluding hydrogens is 887 g/mol. The topological polar surface area (TPSA) is 95.9 Å². The molecule has 6 nitrogen and oxygen atoms in total. The van der Waals surface area contributed by atoms with E-state index in [4.69, 9.17) is 4.74 Å². The molecule has 72 heavy (non-hydrogen) atoms. The molecule has 0 rings (SSSR count). The van der Waals surface area contributed by atoms with Crippen LogP contribution in [0.4, 0.5) is 0 Å². The zero-order valence-electron chi connectivity index (χ0n) is 48.4. The highest BCUT2D eigenvalue weighted by Gasteiger charge is 2.18. The van der Waals surface area contributed by atoms with Crippen LogP contribution >= 0.6 is 0 Å². The largest absolute Gasteiger partial charge is 0.466 e. The minimum atomic E-state index is -0.854. The van der Waals surface area contributed by atoms with Crippen molar-refractivity contribution in [2.75, 3.05) is 13.2 Å². The molecular formula is C66H125NO5. The summed E-state index contributed by atoms with van der Waals surface area (Å²) in [5.74, 6) is -0.0859. The normalized spacial score (nSPS) is 12.8. The van der Waals surface area contributed by atoms with E-state index in [0.29, 0.717) is 19.4 Å². The molecule has 0 saturated carbocycles. The van der Waals surface area contributed by atoms with E-state index in [9.17, 15) is 19.8 Å². The van der Waals surface area contributed by atoms with Gasteiger partial charge in [0, 0.05) is 12.8 Å². The van der Waals surface area contributed by atoms with E-state index in [1.54, 1.807) is 6.08 Å². The summed E-state index contributed by atoms with van der Waals surface area (Å²) in [6.45, 7) is 4.89. The Labute approximate surface area is 449 Å². The van der Waals surface area contributed by atoms with Crippen molar-refractivity contribution in [3.05, 3.63) is 36.5 Å². The maximum Gasteiger partial charge on any atom is 0.305 e. The number of amides is 1. The van der Waals surface area contributed by atoms with Crippen LogP contribution in [0.3, 0.4) is 0 Å². The van der Waals surface area contributed by atoms with E-state index in [1.165, 1.54) is 257 Å². The number of aliphatic hydroxyl groups excluding tert-OH is 2. The number of allylic oxidation sites excluding steroid dienone is 5. The van der Waals surface area contributed by atoms with Gasteiger partial charge in [0.15, 0.2) is 0 Å². The molecule has 2 unspecified atom stereocenters. The van der Waals surface area contributed by atoms with E-state index in [1.807, 2.05) is 6.08 Å². The van der Waals surface area contributed by atoms with Crippen LogP contribution in [0.25, 0.3) is 0 Å². The van der Waals surface area contributed by atoms with E-state index >= 15 is 0 Å². The Kier molecular flexibility index (Phi) is 60.0. The highest BCUT2D eigenvalue weighted by Crippen LogP contribution is 2.18. The molecule has 0 fully saturated rings. The van der Waals surface area contributed by atoms with Gasteiger partial charge in [-0.1, -0.05) is 307 Å². The van der Waals surface area contributed by atoms with Crippen molar-refractivity contribution < 1.29 is 24.5 Å². The average Bonchev–Trinajstić information content (AvgIpc) is 3.38. The van der Waals surface area contributed by atoms with Gasteiger partial charge in [0.2, 0.25) is 5.91 Å². The molecule has 0 aliphatic carbocycles. The summed E-state index contributed by atoms with van der Waals surface area (Å²) in [7, 11) is 0. The van der Waals surface area contributed by atoms with Gasteiger partial charge in [-0.2, -0.15) is 0 Å². The van der Waals surface area contributed by atoms with Crippen LogP contribution in [0.5, 0.6) is 0 Å². The van der Waals surface area contributed by atoms with Crippen LogP contribution < -0.4 is 5.32 Å². The van der Waals surface area contributed by atoms with Crippen LogP contribution in [0.2, 0.25) is 0 Å². The molecule has 6 heteroatoms. The van der Waals surface area contributed by atoms with Crippen LogP contribution in [-0.4, -0.2) is 47.4 Å². The zero-order chi connectivity index (χ0) is 52.2. The Balaban J connectivity index is 3.47. The Morgan fingerprint density at radius 2 is 0.694 bits per heavy atom. The van der Waals surface area contributed by atoms with E-state index in [-0.39, 0.29) is 18.5 Å². The molecule has 2 atom stereocenters. The Bertz CT molecular complexity index is 1170. The molecule has 0 heterocycles. The molecule has 0 spiro atoms. The van der Waals surface area contributed by atoms with Gasteiger partial charge in [-0.3, -0.25) is 9.59 Å². The molecule has 0 saturated heterocycles. The highest BCUT2D eigenvalue weighted by molar-refractivity contribution is 5.76. The molecule has 3 N–H and O–H groups in total. The lowest BCUT2D eigenvalue weighted by Crippen LogP contribution is -2.45. The van der Waals surface area contributed by atoms with Crippen molar-refractivity contribution in [1.82, 2.24) is 5.32 Å². The smallest absolute Gasteiger partial charge is 0.305 e. The number of ether oxygens (including phenoxy) is 1. The second-order valence-corrected chi connectivity index (χ2v) is 22.1. The first kappa shape index (κ1) is 70.1. The number of rotatable bonds is 60. The number of aliphatic hydroxyl groups is 2. The fraction of sp³-hybridized carbons (Fsp3) is 0.879. The van der Waals surface area contributed by atoms with Crippen LogP contribution in [-0.2, 0) is 14.3 Å². The fourth-order valence-corrected chi connectivity index (χ4v) is 9.96. The monoisotopic (exact) mass is 1010 g/mol. The lowest BCUT2D eigenvalue weighted by molar-refractivity contribution is -0.143. The highest BCUT2D eigenvalue weighted by atomic mass is 16.5. The molecule has 0 bridgehead atoms. The third kappa shape index (κ3) is 57.4. The number of hydrogen-bond donors (Lipinski definition) is 3. The van der Waals surface area contributed by atoms with Crippen molar-refractivity contribution in [1.29, 1.82) is 0 Å². The summed E-state index contributed by atoms with van der Waals surface area (Å²) in [5, 5.41) is 23.2. The van der Waals surface area contributed by atoms with E-state index in [0.717, 1.165) is 64.2 Å². The van der Waals surface area contributed by atoms with Gasteiger partial charge in [-0.05, 0) is 64.2 Å². The fourth-order valence-electron chi connectivity index (χ4n) is 9.96. The number of nitrogens with one attached hydrogen (secondary N) is 1. The number of unbranched alkanes of at least 4 members (excludes halogenated alkanes) is 45. The summed E-state index contributed by atoms with van der Waals surface area (Å²) in [5.41, 5.74) is 0. The van der Waals surface area contributed by atoms with Crippen LogP contribution in [0, 0.1) is 0 Å². The second kappa shape index (κ2) is 61.6. The SMILES string of the molecule is CCCCCC/C=C\C/C=C\CCCCCCCCCC(=O)OCCCCCCCCCCCCCCCCC(=O)NC(CO)C(O)/C=C/CCCCCCCCCCCCCCCCCCCCCCC. The van der Waals surface area contributed by atoms with Gasteiger partial charge < -0.3 is 20.3 Å². The quantitative estimate of drug-likeness (QED) is 0.0320. The second-order valence-electron chi connectivity index (χ2n) is 22.1. The molecule has 0 aromatic rings. The average molecular weight is 1010 g/mol. The first-order chi connectivity index (χ1) is 35.5. The summed E-state index contributed by atoms with van der Waals surface area (Å²) in [6, 6.07) is -0.638. The lowest BCUT2D eigenvalue weighted by atomic mass is 10.0. The molecule has 0 aliphatic heterocycles. The minimum Gasteiger partial charge on any atom is -0.466 e. The summed E-state index contributed by atoms with van der Waals surface area (Å²) >= 11 is 0. The Morgan fingerprint density at radius 1 is 0.389 bits per heavy atom. The molecule has 0 aliphatic rings. The van der Waals surface area contributed by atoms with Crippen molar-refractivity contribution >= 4 is 11.9 Å². The standard InChI is InChI=1S/C66H125NO5/c1-3-5-7-9-11-13-15-17-19-21-23-24-25-26-27-28-30-34-38-42-46-50-54-58-64(69)63(62-68)67-65(70)59-55-51-47-43-39-35-32-33-37-41-45-49-53-57-61-72-66(71)60-56-52-48-44-40-36-31-29-22-20-18-16-14-12-10-8-6-4-2/h14,16,20,22,54,58,63-64,68-69H,3-13,15,17-19,21,23-53,55-57,59-62H2,1-2H3,(H,67,70)/b16-14-,22-20-,58-54+. The first-order valence-corrected chi connectivity index (χ1v) is 32.3. The van der Waals surface area contributed by atoms with Gasteiger partial charge >= 0.3 is 5.97 Å². The maximum absolute atomic E-state index is 12.5. The van der Waals surface area contributed by atoms with Gasteiger partial charge in [0.25, 0.3) is 0 Å². The Hall–Kier alpha value is -1.92. The molecule has 1 amide bonds. The lowest BCUT2D eigenvalue weighted by Gasteiger charge is -2.20. The van der Waals surface area contributed by atoms with Gasteiger partial charge in [-0.25, -0.2) is 0 Å². The minimum absolute atomic E-state index is 0.0101. The van der Waals surface area contributed by atoms with Crippen LogP contribution in [0.15, 0.2) is 36.5 Å². The molecule has 424 valence electrons. The predicted molar refractivity (Wildman–Crippen MR) is 315 cm³/mol. The third-order valence-electron chi connectivity index (χ3n) is 14.9. The molecule has 0 aromatic heterocycles. The van der Waals surface area contributed by atoms with Crippen molar-refractivity contribution in [2.24, 2.45) is 0 Å². The van der Waals surface area contributed by atoms with Crippen LogP contribution in [0.1, 0.15) is 348 Å². The number of carbonyl (C=O) groups is 2. The Morgan fingerprint density at radius 3 is 1.07 bits per heavy atom. The first-order valence-electron chi connectivity index (χ1n) is 32.3.